The van der Waals surface area contributed by atoms with Gasteiger partial charge in [-0.15, -0.1) is 0 Å². The van der Waals surface area contributed by atoms with Crippen molar-refractivity contribution < 1.29 is 23.8 Å². The number of carbonyl (C=O) groups excluding carboxylic acids is 2. The lowest BCUT2D eigenvalue weighted by Crippen LogP contribution is -2.54. The average Bonchev–Trinajstić information content (AvgIpc) is 3.24. The summed E-state index contributed by atoms with van der Waals surface area (Å²) in [7, 11) is 3.09. The summed E-state index contributed by atoms with van der Waals surface area (Å²) in [6.07, 6.45) is 4.07. The van der Waals surface area contributed by atoms with Crippen LogP contribution in [0.15, 0.2) is 36.7 Å². The minimum atomic E-state index is -0.692. The van der Waals surface area contributed by atoms with Crippen LogP contribution >= 0.6 is 0 Å². The van der Waals surface area contributed by atoms with E-state index < -0.39 is 11.7 Å². The summed E-state index contributed by atoms with van der Waals surface area (Å²) in [6, 6.07) is 7.21. The molecule has 1 aromatic carbocycles. The van der Waals surface area contributed by atoms with Crippen molar-refractivity contribution in [3.8, 4) is 5.75 Å². The quantitative estimate of drug-likeness (QED) is 0.795. The molecule has 1 saturated heterocycles. The molecule has 160 valence electrons. The first-order valence-corrected chi connectivity index (χ1v) is 9.96. The molecule has 1 aromatic heterocycles. The number of rotatable bonds is 5. The standard InChI is InChI=1S/C21H26N4O5/c1-28-14-18(26)24-9-6-21(7-10-24)20-22-8-11-25(20)13-17(30-21)19(27)23-15-4-3-5-16(12-15)29-2/h3-5,8,11-12,17H,6-7,9-10,13-14H2,1-2H3,(H,23,27). The smallest absolute Gasteiger partial charge is 0.255 e. The summed E-state index contributed by atoms with van der Waals surface area (Å²) >= 11 is 0. The van der Waals surface area contributed by atoms with Gasteiger partial charge < -0.3 is 29.0 Å². The average molecular weight is 414 g/mol. The number of carbonyl (C=O) groups is 2. The maximum atomic E-state index is 13.0. The van der Waals surface area contributed by atoms with Crippen molar-refractivity contribution in [2.45, 2.75) is 31.1 Å². The Bertz CT molecular complexity index is 920. The highest BCUT2D eigenvalue weighted by Crippen LogP contribution is 2.40. The van der Waals surface area contributed by atoms with Crippen molar-refractivity contribution in [2.75, 3.05) is 39.2 Å². The fraction of sp³-hybridized carbons (Fsp3) is 0.476. The van der Waals surface area contributed by atoms with Gasteiger partial charge in [-0.25, -0.2) is 4.98 Å². The summed E-state index contributed by atoms with van der Waals surface area (Å²) in [5.74, 6) is 1.21. The fourth-order valence-corrected chi connectivity index (χ4v) is 4.13. The number of aromatic nitrogens is 2. The minimum Gasteiger partial charge on any atom is -0.497 e. The van der Waals surface area contributed by atoms with Gasteiger partial charge in [-0.2, -0.15) is 0 Å². The molecule has 9 heteroatoms. The molecule has 4 rings (SSSR count). The predicted octanol–water partition coefficient (Wildman–Crippen LogP) is 1.39. The van der Waals surface area contributed by atoms with Crippen molar-refractivity contribution in [2.24, 2.45) is 0 Å². The third kappa shape index (κ3) is 3.90. The van der Waals surface area contributed by atoms with E-state index in [1.807, 2.05) is 29.0 Å². The van der Waals surface area contributed by atoms with Gasteiger partial charge in [0, 0.05) is 57.2 Å². The van der Waals surface area contributed by atoms with E-state index in [0.29, 0.717) is 43.9 Å². The SMILES string of the molecule is COCC(=O)N1CCC2(CC1)OC(C(=O)Nc1cccc(OC)c1)Cn1ccnc12. The van der Waals surface area contributed by atoms with E-state index in [1.54, 1.807) is 24.3 Å². The molecule has 9 nitrogen and oxygen atoms in total. The Morgan fingerprint density at radius 2 is 2.10 bits per heavy atom. The molecule has 2 amide bonds. The van der Waals surface area contributed by atoms with Crippen LogP contribution in [0.2, 0.25) is 0 Å². The van der Waals surface area contributed by atoms with Crippen LogP contribution in [-0.2, 0) is 31.2 Å². The van der Waals surface area contributed by atoms with E-state index in [0.717, 1.165) is 5.82 Å². The molecule has 2 aromatic rings. The second-order valence-corrected chi connectivity index (χ2v) is 7.54. The monoisotopic (exact) mass is 414 g/mol. The highest BCUT2D eigenvalue weighted by Gasteiger charge is 2.47. The molecule has 1 atom stereocenters. The molecule has 0 radical (unpaired) electrons. The van der Waals surface area contributed by atoms with Crippen LogP contribution < -0.4 is 10.1 Å². The zero-order valence-electron chi connectivity index (χ0n) is 17.2. The number of piperidine rings is 1. The first-order chi connectivity index (χ1) is 14.5. The Hall–Kier alpha value is -2.91. The lowest BCUT2D eigenvalue weighted by molar-refractivity contribution is -0.173. The van der Waals surface area contributed by atoms with E-state index in [4.69, 9.17) is 14.2 Å². The third-order valence-corrected chi connectivity index (χ3v) is 5.67. The van der Waals surface area contributed by atoms with Crippen molar-refractivity contribution in [1.82, 2.24) is 14.5 Å². The number of nitrogens with zero attached hydrogens (tertiary/aromatic N) is 3. The number of nitrogens with one attached hydrogen (secondary N) is 1. The molecular formula is C21H26N4O5. The highest BCUT2D eigenvalue weighted by atomic mass is 16.5. The van der Waals surface area contributed by atoms with E-state index >= 15 is 0 Å². The van der Waals surface area contributed by atoms with Crippen molar-refractivity contribution >= 4 is 17.5 Å². The Morgan fingerprint density at radius 3 is 2.83 bits per heavy atom. The maximum absolute atomic E-state index is 13.0. The number of fused-ring (bicyclic) bond motifs is 2. The fourth-order valence-electron chi connectivity index (χ4n) is 4.13. The molecule has 3 heterocycles. The van der Waals surface area contributed by atoms with E-state index in [1.165, 1.54) is 7.11 Å². The maximum Gasteiger partial charge on any atom is 0.255 e. The highest BCUT2D eigenvalue weighted by molar-refractivity contribution is 5.94. The Morgan fingerprint density at radius 1 is 1.30 bits per heavy atom. The summed E-state index contributed by atoms with van der Waals surface area (Å²) in [5, 5.41) is 2.92. The number of methoxy groups -OCH3 is 2. The molecule has 1 spiro atoms. The van der Waals surface area contributed by atoms with Gasteiger partial charge in [0.25, 0.3) is 5.91 Å². The number of ether oxygens (including phenoxy) is 3. The first kappa shape index (κ1) is 20.4. The molecule has 1 N–H and O–H groups in total. The van der Waals surface area contributed by atoms with Crippen molar-refractivity contribution in [3.63, 3.8) is 0 Å². The Kier molecular flexibility index (Phi) is 5.74. The molecule has 1 fully saturated rings. The number of likely N-dealkylation sites (tertiary alicyclic amines) is 1. The van der Waals surface area contributed by atoms with Gasteiger partial charge in [0.05, 0.1) is 13.7 Å². The molecule has 30 heavy (non-hydrogen) atoms. The van der Waals surface area contributed by atoms with Gasteiger partial charge in [-0.1, -0.05) is 6.07 Å². The summed E-state index contributed by atoms with van der Waals surface area (Å²) in [4.78, 5) is 31.4. The van der Waals surface area contributed by atoms with Crippen molar-refractivity contribution in [3.05, 3.63) is 42.5 Å². The molecule has 0 bridgehead atoms. The van der Waals surface area contributed by atoms with Gasteiger partial charge in [0.2, 0.25) is 5.91 Å². The third-order valence-electron chi connectivity index (χ3n) is 5.67. The van der Waals surface area contributed by atoms with Crippen LogP contribution in [0.25, 0.3) is 0 Å². The molecule has 0 saturated carbocycles. The van der Waals surface area contributed by atoms with Crippen LogP contribution in [0, 0.1) is 0 Å². The van der Waals surface area contributed by atoms with Crippen LogP contribution in [0.3, 0.4) is 0 Å². The van der Waals surface area contributed by atoms with Gasteiger partial charge in [0.1, 0.15) is 23.8 Å². The van der Waals surface area contributed by atoms with E-state index in [-0.39, 0.29) is 18.4 Å². The van der Waals surface area contributed by atoms with Crippen LogP contribution in [0.1, 0.15) is 18.7 Å². The van der Waals surface area contributed by atoms with E-state index in [2.05, 4.69) is 10.3 Å². The molecule has 2 aliphatic rings. The predicted molar refractivity (Wildman–Crippen MR) is 108 cm³/mol. The summed E-state index contributed by atoms with van der Waals surface area (Å²) < 4.78 is 18.5. The minimum absolute atomic E-state index is 0.0428. The van der Waals surface area contributed by atoms with Crippen LogP contribution in [0.5, 0.6) is 5.75 Å². The largest absolute Gasteiger partial charge is 0.497 e. The van der Waals surface area contributed by atoms with Crippen molar-refractivity contribution in [1.29, 1.82) is 0 Å². The van der Waals surface area contributed by atoms with Gasteiger partial charge >= 0.3 is 0 Å². The molecule has 0 aliphatic carbocycles. The van der Waals surface area contributed by atoms with E-state index in [9.17, 15) is 9.59 Å². The number of amides is 2. The van der Waals surface area contributed by atoms with Crippen LogP contribution in [-0.4, -0.2) is 66.3 Å². The molecular weight excluding hydrogens is 388 g/mol. The zero-order valence-corrected chi connectivity index (χ0v) is 17.2. The second-order valence-electron chi connectivity index (χ2n) is 7.54. The second kappa shape index (κ2) is 8.45. The Labute approximate surface area is 174 Å². The number of benzene rings is 1. The number of hydrogen-bond donors (Lipinski definition) is 1. The lowest BCUT2D eigenvalue weighted by Gasteiger charge is -2.45. The zero-order chi connectivity index (χ0) is 21.1. The number of imidazole rings is 1. The van der Waals surface area contributed by atoms with Crippen LogP contribution in [0.4, 0.5) is 5.69 Å². The van der Waals surface area contributed by atoms with Gasteiger partial charge in [-0.05, 0) is 12.1 Å². The topological polar surface area (TPSA) is 94.9 Å². The normalized spacial score (nSPS) is 19.9. The summed E-state index contributed by atoms with van der Waals surface area (Å²) in [6.45, 7) is 1.51. The van der Waals surface area contributed by atoms with Gasteiger partial charge in [-0.3, -0.25) is 9.59 Å². The number of anilines is 1. The first-order valence-electron chi connectivity index (χ1n) is 9.96. The summed E-state index contributed by atoms with van der Waals surface area (Å²) in [5.41, 5.74) is -0.0458. The lowest BCUT2D eigenvalue weighted by atomic mass is 9.88. The molecule has 1 unspecified atom stereocenters. The van der Waals surface area contributed by atoms with Gasteiger partial charge in [0.15, 0.2) is 6.10 Å². The number of hydrogen-bond acceptors (Lipinski definition) is 6. The Balaban J connectivity index is 1.50. The molecule has 2 aliphatic heterocycles.